The normalized spacial score (nSPS) is 20.9. The van der Waals surface area contributed by atoms with Gasteiger partial charge in [0.1, 0.15) is 11.6 Å². The van der Waals surface area contributed by atoms with E-state index in [2.05, 4.69) is 19.1 Å². The number of allylic oxidation sites excluding steroid dienone is 2. The van der Waals surface area contributed by atoms with E-state index in [0.29, 0.717) is 12.0 Å². The number of halogens is 2. The number of fused-ring (bicyclic) bond motifs is 1. The fourth-order valence-electron chi connectivity index (χ4n) is 5.53. The number of unbranched alkanes of at least 4 members (excludes halogenated alkanes) is 2. The van der Waals surface area contributed by atoms with Crippen LogP contribution in [0.15, 0.2) is 48.0 Å². The Morgan fingerprint density at radius 3 is 2.26 bits per heavy atom. The largest absolute Gasteiger partial charge is 0.207 e. The summed E-state index contributed by atoms with van der Waals surface area (Å²) >= 11 is 0. The molecule has 2 aromatic rings. The Labute approximate surface area is 186 Å². The summed E-state index contributed by atoms with van der Waals surface area (Å²) < 4.78 is 28.4. The van der Waals surface area contributed by atoms with Gasteiger partial charge in [0.25, 0.3) is 0 Å². The van der Waals surface area contributed by atoms with Gasteiger partial charge in [0.05, 0.1) is 0 Å². The average Bonchev–Trinajstić information content (AvgIpc) is 2.80. The smallest absolute Gasteiger partial charge is 0.134 e. The molecular formula is C29H36F2. The molecule has 0 saturated heterocycles. The first-order chi connectivity index (χ1) is 15.1. The van der Waals surface area contributed by atoms with Crippen molar-refractivity contribution >= 4 is 0 Å². The van der Waals surface area contributed by atoms with Gasteiger partial charge in [-0.25, -0.2) is 8.78 Å². The molecule has 0 heterocycles. The van der Waals surface area contributed by atoms with Crippen LogP contribution in [0.25, 0.3) is 11.1 Å². The quantitative estimate of drug-likeness (QED) is 0.294. The third-order valence-corrected chi connectivity index (χ3v) is 7.56. The molecular weight excluding hydrogens is 386 g/mol. The number of hydrogen-bond donors (Lipinski definition) is 0. The van der Waals surface area contributed by atoms with Crippen molar-refractivity contribution in [3.05, 3.63) is 70.8 Å². The molecule has 2 aliphatic carbocycles. The van der Waals surface area contributed by atoms with Crippen LogP contribution in [0.3, 0.4) is 0 Å². The van der Waals surface area contributed by atoms with Crippen molar-refractivity contribution in [2.24, 2.45) is 11.8 Å². The van der Waals surface area contributed by atoms with Crippen molar-refractivity contribution in [2.75, 3.05) is 0 Å². The fraction of sp³-hybridized carbons (Fsp3) is 0.517. The molecule has 0 aliphatic heterocycles. The predicted octanol–water partition coefficient (Wildman–Crippen LogP) is 8.82. The molecule has 0 spiro atoms. The zero-order valence-electron chi connectivity index (χ0n) is 18.9. The Morgan fingerprint density at radius 1 is 0.839 bits per heavy atom. The van der Waals surface area contributed by atoms with Crippen LogP contribution in [0.4, 0.5) is 8.78 Å². The van der Waals surface area contributed by atoms with E-state index in [1.165, 1.54) is 75.5 Å². The van der Waals surface area contributed by atoms with E-state index < -0.39 is 0 Å². The number of hydrogen-bond acceptors (Lipinski definition) is 0. The van der Waals surface area contributed by atoms with Gasteiger partial charge in [0.2, 0.25) is 0 Å². The lowest BCUT2D eigenvalue weighted by atomic mass is 9.77. The molecule has 0 unspecified atom stereocenters. The summed E-state index contributed by atoms with van der Waals surface area (Å²) in [4.78, 5) is 0. The first-order valence-electron chi connectivity index (χ1n) is 12.4. The van der Waals surface area contributed by atoms with Crippen LogP contribution in [0.2, 0.25) is 0 Å². The lowest BCUT2D eigenvalue weighted by molar-refractivity contribution is 0.249. The van der Waals surface area contributed by atoms with Crippen LogP contribution in [-0.2, 0) is 12.8 Å². The van der Waals surface area contributed by atoms with Crippen molar-refractivity contribution in [3.8, 4) is 11.1 Å². The third-order valence-electron chi connectivity index (χ3n) is 7.56. The maximum absolute atomic E-state index is 15.2. The monoisotopic (exact) mass is 422 g/mol. The van der Waals surface area contributed by atoms with Crippen molar-refractivity contribution in [2.45, 2.75) is 84.0 Å². The molecule has 31 heavy (non-hydrogen) atoms. The average molecular weight is 423 g/mol. The lowest BCUT2D eigenvalue weighted by Crippen LogP contribution is -2.15. The first-order valence-corrected chi connectivity index (χ1v) is 12.4. The molecule has 1 fully saturated rings. The number of benzene rings is 2. The highest BCUT2D eigenvalue weighted by molar-refractivity contribution is 5.66. The Balaban J connectivity index is 1.30. The van der Waals surface area contributed by atoms with Crippen molar-refractivity contribution < 1.29 is 8.78 Å². The first kappa shape index (κ1) is 22.2. The molecule has 0 aromatic heterocycles. The van der Waals surface area contributed by atoms with E-state index in [1.54, 1.807) is 12.1 Å². The van der Waals surface area contributed by atoms with Gasteiger partial charge in [0, 0.05) is 5.56 Å². The standard InChI is InChI=1S/C29H36F2/c1-2-3-4-5-21-6-8-22(9-7-21)10-11-23-12-18-28-25(20-23)15-19-27(29(28)31)24-13-16-26(30)17-14-24/h12-17,19,21-22H,2-11,18,20H2,1H3. The Bertz CT molecular complexity index is 886. The van der Waals surface area contributed by atoms with E-state index in [-0.39, 0.29) is 11.6 Å². The Hall–Kier alpha value is -1.96. The number of rotatable bonds is 8. The fourth-order valence-corrected chi connectivity index (χ4v) is 5.53. The summed E-state index contributed by atoms with van der Waals surface area (Å²) in [6.45, 7) is 2.29. The van der Waals surface area contributed by atoms with Gasteiger partial charge in [-0.3, -0.25) is 0 Å². The minimum atomic E-state index is -0.292. The van der Waals surface area contributed by atoms with Crippen LogP contribution in [0.1, 0.15) is 82.3 Å². The molecule has 166 valence electrons. The zero-order valence-corrected chi connectivity index (χ0v) is 18.9. The van der Waals surface area contributed by atoms with E-state index in [9.17, 15) is 4.39 Å². The maximum atomic E-state index is 15.2. The summed E-state index contributed by atoms with van der Waals surface area (Å²) in [7, 11) is 0. The topological polar surface area (TPSA) is 0 Å². The van der Waals surface area contributed by atoms with Crippen molar-refractivity contribution in [1.29, 1.82) is 0 Å². The summed E-state index contributed by atoms with van der Waals surface area (Å²) in [5.41, 5.74) is 4.73. The Kier molecular flexibility index (Phi) is 7.58. The van der Waals surface area contributed by atoms with Gasteiger partial charge in [-0.1, -0.05) is 94.2 Å². The van der Waals surface area contributed by atoms with Crippen LogP contribution >= 0.6 is 0 Å². The summed E-state index contributed by atoms with van der Waals surface area (Å²) in [5.74, 6) is 1.42. The second-order valence-electron chi connectivity index (χ2n) is 9.74. The van der Waals surface area contributed by atoms with Crippen LogP contribution in [0.5, 0.6) is 0 Å². The minimum Gasteiger partial charge on any atom is -0.207 e. The second kappa shape index (κ2) is 10.6. The van der Waals surface area contributed by atoms with E-state index in [4.69, 9.17) is 0 Å². The van der Waals surface area contributed by atoms with Crippen LogP contribution in [0, 0.1) is 23.5 Å². The molecule has 4 rings (SSSR count). The summed E-state index contributed by atoms with van der Waals surface area (Å²) in [6.07, 6.45) is 17.5. The highest BCUT2D eigenvalue weighted by atomic mass is 19.1. The lowest BCUT2D eigenvalue weighted by Gasteiger charge is -2.29. The van der Waals surface area contributed by atoms with Gasteiger partial charge >= 0.3 is 0 Å². The third kappa shape index (κ3) is 5.64. The van der Waals surface area contributed by atoms with Gasteiger partial charge in [-0.2, -0.15) is 0 Å². The Morgan fingerprint density at radius 2 is 1.55 bits per heavy atom. The van der Waals surface area contributed by atoms with Crippen LogP contribution < -0.4 is 0 Å². The van der Waals surface area contributed by atoms with Gasteiger partial charge in [-0.15, -0.1) is 0 Å². The van der Waals surface area contributed by atoms with E-state index in [1.807, 2.05) is 6.07 Å². The van der Waals surface area contributed by atoms with Crippen molar-refractivity contribution in [3.63, 3.8) is 0 Å². The summed E-state index contributed by atoms with van der Waals surface area (Å²) in [6, 6.07) is 10.0. The van der Waals surface area contributed by atoms with E-state index in [0.717, 1.165) is 41.4 Å². The molecule has 2 aliphatic rings. The zero-order chi connectivity index (χ0) is 21.6. The SMILES string of the molecule is CCCCCC1CCC(CCC2=CCc3c(ccc(-c4ccc(F)cc4)c3F)C2)CC1. The second-order valence-corrected chi connectivity index (χ2v) is 9.74. The molecule has 1 saturated carbocycles. The highest BCUT2D eigenvalue weighted by Gasteiger charge is 2.22. The molecule has 0 atom stereocenters. The molecule has 0 amide bonds. The maximum Gasteiger partial charge on any atom is 0.134 e. The molecule has 2 heteroatoms. The molecule has 0 N–H and O–H groups in total. The highest BCUT2D eigenvalue weighted by Crippen LogP contribution is 2.37. The molecule has 0 bridgehead atoms. The van der Waals surface area contributed by atoms with Gasteiger partial charge in [-0.05, 0) is 66.3 Å². The molecule has 0 radical (unpaired) electrons. The van der Waals surface area contributed by atoms with Gasteiger partial charge in [0.15, 0.2) is 0 Å². The van der Waals surface area contributed by atoms with Crippen molar-refractivity contribution in [1.82, 2.24) is 0 Å². The van der Waals surface area contributed by atoms with E-state index >= 15 is 4.39 Å². The van der Waals surface area contributed by atoms with Gasteiger partial charge < -0.3 is 0 Å². The minimum absolute atomic E-state index is 0.138. The summed E-state index contributed by atoms with van der Waals surface area (Å²) in [5, 5.41) is 0. The molecule has 0 nitrogen and oxygen atoms in total. The van der Waals surface area contributed by atoms with Crippen LogP contribution in [-0.4, -0.2) is 0 Å². The predicted molar refractivity (Wildman–Crippen MR) is 126 cm³/mol. The molecule has 2 aromatic carbocycles.